The Balaban J connectivity index is 2.26. The van der Waals surface area contributed by atoms with Gasteiger partial charge in [0.05, 0.1) is 11.6 Å². The highest BCUT2D eigenvalue weighted by Crippen LogP contribution is 2.34. The first-order valence-corrected chi connectivity index (χ1v) is 7.61. The van der Waals surface area contributed by atoms with E-state index in [9.17, 15) is 0 Å². The largest absolute Gasteiger partial charge is 0.497 e. The van der Waals surface area contributed by atoms with E-state index in [-0.39, 0.29) is 0 Å². The van der Waals surface area contributed by atoms with Crippen LogP contribution in [0.4, 0.5) is 0 Å². The Kier molecular flexibility index (Phi) is 5.01. The molecule has 0 atom stereocenters. The highest BCUT2D eigenvalue weighted by Gasteiger charge is 2.08. The molecule has 0 spiro atoms. The van der Waals surface area contributed by atoms with E-state index in [4.69, 9.17) is 27.4 Å². The van der Waals surface area contributed by atoms with Gasteiger partial charge in [-0.1, -0.05) is 12.2 Å². The van der Waals surface area contributed by atoms with Gasteiger partial charge in [0.1, 0.15) is 22.2 Å². The lowest BCUT2D eigenvalue weighted by Crippen LogP contribution is -2.09. The first-order chi connectivity index (χ1) is 9.51. The summed E-state index contributed by atoms with van der Waals surface area (Å²) in [7, 11) is 1.62. The Bertz CT molecular complexity index is 662. The number of ether oxygens (including phenoxy) is 2. The molecule has 0 unspecified atom stereocenters. The molecule has 2 N–H and O–H groups in total. The third kappa shape index (κ3) is 3.50. The first kappa shape index (κ1) is 15.3. The van der Waals surface area contributed by atoms with Crippen LogP contribution in [0.25, 0.3) is 0 Å². The summed E-state index contributed by atoms with van der Waals surface area (Å²) in [6.45, 7) is 0. The van der Waals surface area contributed by atoms with Gasteiger partial charge in [0, 0.05) is 10.0 Å². The van der Waals surface area contributed by atoms with Crippen molar-refractivity contribution in [1.82, 2.24) is 0 Å². The van der Waals surface area contributed by atoms with E-state index in [2.05, 4.69) is 31.9 Å². The quantitative estimate of drug-likeness (QED) is 0.737. The van der Waals surface area contributed by atoms with E-state index in [0.717, 1.165) is 20.3 Å². The second-order valence-corrected chi connectivity index (χ2v) is 6.05. The summed E-state index contributed by atoms with van der Waals surface area (Å²) in [5.74, 6) is 2.14. The van der Waals surface area contributed by atoms with Gasteiger partial charge in [-0.25, -0.2) is 0 Å². The lowest BCUT2D eigenvalue weighted by Gasteiger charge is -2.10. The second kappa shape index (κ2) is 6.56. The molecule has 0 saturated heterocycles. The third-order valence-electron chi connectivity index (χ3n) is 2.57. The maximum absolute atomic E-state index is 5.81. The molecule has 0 aromatic heterocycles. The normalized spacial score (nSPS) is 10.2. The maximum Gasteiger partial charge on any atom is 0.141 e. The minimum absolute atomic E-state index is 0.342. The summed E-state index contributed by atoms with van der Waals surface area (Å²) >= 11 is 11.8. The van der Waals surface area contributed by atoms with Crippen LogP contribution in [-0.4, -0.2) is 12.1 Å². The highest BCUT2D eigenvalue weighted by molar-refractivity contribution is 9.10. The van der Waals surface area contributed by atoms with Gasteiger partial charge in [-0.2, -0.15) is 0 Å². The van der Waals surface area contributed by atoms with E-state index in [1.54, 1.807) is 7.11 Å². The average molecular weight is 417 g/mol. The molecule has 2 aromatic rings. The smallest absolute Gasteiger partial charge is 0.141 e. The minimum atomic E-state index is 0.342. The number of nitrogens with two attached hydrogens (primary N) is 1. The van der Waals surface area contributed by atoms with Crippen molar-refractivity contribution in [2.75, 3.05) is 7.11 Å². The molecule has 0 heterocycles. The number of hydrogen-bond donors (Lipinski definition) is 1. The summed E-state index contributed by atoms with van der Waals surface area (Å²) in [5.41, 5.74) is 6.39. The monoisotopic (exact) mass is 415 g/mol. The number of methoxy groups -OCH3 is 1. The van der Waals surface area contributed by atoms with Gasteiger partial charge in [0.25, 0.3) is 0 Å². The van der Waals surface area contributed by atoms with Crippen molar-refractivity contribution in [3.8, 4) is 17.2 Å². The number of halogens is 2. The lowest BCUT2D eigenvalue weighted by molar-refractivity contribution is 0.412. The molecule has 0 bridgehead atoms. The van der Waals surface area contributed by atoms with Gasteiger partial charge in [-0.3, -0.25) is 0 Å². The summed E-state index contributed by atoms with van der Waals surface area (Å²) in [6, 6.07) is 11.0. The van der Waals surface area contributed by atoms with E-state index in [0.29, 0.717) is 16.5 Å². The minimum Gasteiger partial charge on any atom is -0.497 e. The van der Waals surface area contributed by atoms with Gasteiger partial charge >= 0.3 is 0 Å². The molecule has 0 saturated carbocycles. The molecule has 0 aliphatic rings. The number of thiocarbonyl (C=S) groups is 1. The van der Waals surface area contributed by atoms with Crippen molar-refractivity contribution < 1.29 is 9.47 Å². The highest BCUT2D eigenvalue weighted by atomic mass is 79.9. The second-order valence-electron chi connectivity index (χ2n) is 3.90. The van der Waals surface area contributed by atoms with E-state index < -0.39 is 0 Å². The van der Waals surface area contributed by atoms with Crippen LogP contribution in [-0.2, 0) is 0 Å². The molecule has 0 amide bonds. The topological polar surface area (TPSA) is 44.5 Å². The van der Waals surface area contributed by atoms with Crippen LogP contribution in [0, 0.1) is 0 Å². The molecular weight excluding hydrogens is 406 g/mol. The van der Waals surface area contributed by atoms with E-state index >= 15 is 0 Å². The molecule has 0 radical (unpaired) electrons. The van der Waals surface area contributed by atoms with Gasteiger partial charge < -0.3 is 15.2 Å². The van der Waals surface area contributed by atoms with Crippen molar-refractivity contribution in [1.29, 1.82) is 0 Å². The fourth-order valence-corrected chi connectivity index (χ4v) is 2.90. The average Bonchev–Trinajstić information content (AvgIpc) is 2.40. The standard InChI is InChI=1S/C14H11Br2NO2S/c1-18-8-3-5-13(12(16)6-8)19-9-2-4-10(14(17)20)11(15)7-9/h2-7H,1H3,(H2,17,20). The zero-order valence-electron chi connectivity index (χ0n) is 10.5. The molecule has 0 fully saturated rings. The van der Waals surface area contributed by atoms with Crippen LogP contribution >= 0.6 is 44.1 Å². The van der Waals surface area contributed by atoms with Crippen molar-refractivity contribution in [3.63, 3.8) is 0 Å². The summed E-state index contributed by atoms with van der Waals surface area (Å²) in [6.07, 6.45) is 0. The Morgan fingerprint density at radius 3 is 2.25 bits per heavy atom. The Morgan fingerprint density at radius 1 is 1.05 bits per heavy atom. The van der Waals surface area contributed by atoms with Crippen molar-refractivity contribution in [3.05, 3.63) is 50.9 Å². The molecule has 3 nitrogen and oxygen atoms in total. The van der Waals surface area contributed by atoms with E-state index in [1.807, 2.05) is 36.4 Å². The van der Waals surface area contributed by atoms with Crippen LogP contribution in [0.2, 0.25) is 0 Å². The van der Waals surface area contributed by atoms with Crippen LogP contribution in [0.1, 0.15) is 5.56 Å². The molecule has 2 aromatic carbocycles. The molecular formula is C14H11Br2NO2S. The zero-order valence-corrected chi connectivity index (χ0v) is 14.5. The van der Waals surface area contributed by atoms with Gasteiger partial charge in [-0.05, 0) is 68.3 Å². The fraction of sp³-hybridized carbons (Fsp3) is 0.0714. The van der Waals surface area contributed by atoms with Crippen molar-refractivity contribution in [2.45, 2.75) is 0 Å². The number of rotatable bonds is 4. The molecule has 20 heavy (non-hydrogen) atoms. The molecule has 0 aliphatic carbocycles. The fourth-order valence-electron chi connectivity index (χ4n) is 1.58. The van der Waals surface area contributed by atoms with Crippen molar-refractivity contribution in [2.24, 2.45) is 5.73 Å². The van der Waals surface area contributed by atoms with Gasteiger partial charge in [0.15, 0.2) is 0 Å². The number of benzene rings is 2. The summed E-state index contributed by atoms with van der Waals surface area (Å²) < 4.78 is 12.6. The Labute approximate surface area is 139 Å². The lowest BCUT2D eigenvalue weighted by atomic mass is 10.2. The van der Waals surface area contributed by atoms with Crippen LogP contribution < -0.4 is 15.2 Å². The zero-order chi connectivity index (χ0) is 14.7. The molecule has 0 aliphatic heterocycles. The third-order valence-corrected chi connectivity index (χ3v) is 4.07. The summed E-state index contributed by atoms with van der Waals surface area (Å²) in [5, 5.41) is 0. The van der Waals surface area contributed by atoms with Crippen LogP contribution in [0.15, 0.2) is 45.3 Å². The van der Waals surface area contributed by atoms with Crippen molar-refractivity contribution >= 4 is 49.1 Å². The predicted molar refractivity (Wildman–Crippen MR) is 90.8 cm³/mol. The predicted octanol–water partition coefficient (Wildman–Crippen LogP) is 4.65. The van der Waals surface area contributed by atoms with E-state index in [1.165, 1.54) is 0 Å². The van der Waals surface area contributed by atoms with Crippen LogP contribution in [0.5, 0.6) is 17.2 Å². The van der Waals surface area contributed by atoms with Gasteiger partial charge in [-0.15, -0.1) is 0 Å². The Hall–Kier alpha value is -1.11. The SMILES string of the molecule is COc1ccc(Oc2ccc(C(N)=S)c(Br)c2)c(Br)c1. The Morgan fingerprint density at radius 2 is 1.70 bits per heavy atom. The number of hydrogen-bond acceptors (Lipinski definition) is 3. The summed E-state index contributed by atoms with van der Waals surface area (Å²) in [4.78, 5) is 0.342. The molecule has 104 valence electrons. The van der Waals surface area contributed by atoms with Crippen LogP contribution in [0.3, 0.4) is 0 Å². The molecule has 6 heteroatoms. The first-order valence-electron chi connectivity index (χ1n) is 5.62. The molecule has 2 rings (SSSR count). The maximum atomic E-state index is 5.81. The van der Waals surface area contributed by atoms with Gasteiger partial charge in [0.2, 0.25) is 0 Å².